The van der Waals surface area contributed by atoms with Gasteiger partial charge in [-0.25, -0.2) is 0 Å². The van der Waals surface area contributed by atoms with Crippen molar-refractivity contribution in [1.29, 1.82) is 0 Å². The molecule has 0 aliphatic heterocycles. The van der Waals surface area contributed by atoms with Crippen molar-refractivity contribution >= 4 is 17.9 Å². The quantitative estimate of drug-likeness (QED) is 0.0200. The second-order valence-electron chi connectivity index (χ2n) is 15.6. The van der Waals surface area contributed by atoms with Crippen molar-refractivity contribution in [3.63, 3.8) is 0 Å². The fraction of sp³-hybridized carbons (Fsp3) is 0.528. The SMILES string of the molecule is CC/C=C/C=C/C=C/C=C/C=C/CCCCCC(=O)OCC(COCCC(C(=O)[O-])[N+](C)(C)C)OC(=O)CCCCC/C=C/C/C=C/C/C=C/C/C=C/C/C=C/C/C=C/CC. The monoisotopic (exact) mass is 844 g/mol. The molecule has 2 unspecified atom stereocenters. The van der Waals surface area contributed by atoms with Gasteiger partial charge in [0.05, 0.1) is 40.3 Å². The molecule has 340 valence electrons. The van der Waals surface area contributed by atoms with Crippen molar-refractivity contribution in [1.82, 2.24) is 0 Å². The summed E-state index contributed by atoms with van der Waals surface area (Å²) in [6, 6.07) is -0.749. The zero-order valence-electron chi connectivity index (χ0n) is 38.5. The van der Waals surface area contributed by atoms with Crippen molar-refractivity contribution in [2.75, 3.05) is 41.0 Å². The summed E-state index contributed by atoms with van der Waals surface area (Å²) in [7, 11) is 5.36. The molecule has 8 nitrogen and oxygen atoms in total. The summed E-state index contributed by atoms with van der Waals surface area (Å²) in [5.74, 6) is -1.86. The number of carbonyl (C=O) groups is 3. The lowest BCUT2D eigenvalue weighted by Crippen LogP contribution is -2.55. The number of hydrogen-bond acceptors (Lipinski definition) is 7. The number of nitrogens with zero attached hydrogens (tertiary/aromatic N) is 1. The molecule has 8 heteroatoms. The Morgan fingerprint density at radius 1 is 0.508 bits per heavy atom. The number of carboxylic acid groups (broad SMARTS) is 1. The predicted octanol–water partition coefficient (Wildman–Crippen LogP) is 11.5. The topological polar surface area (TPSA) is 102 Å². The number of carboxylic acids is 1. The van der Waals surface area contributed by atoms with Crippen LogP contribution in [0.15, 0.2) is 134 Å². The fourth-order valence-electron chi connectivity index (χ4n) is 5.68. The number of carbonyl (C=O) groups excluding carboxylic acids is 3. The van der Waals surface area contributed by atoms with Crippen LogP contribution in [0, 0.1) is 0 Å². The number of likely N-dealkylation sites (N-methyl/N-ethyl adjacent to an activating group) is 1. The maximum atomic E-state index is 12.7. The molecule has 0 aromatic heterocycles. The molecule has 0 saturated carbocycles. The molecule has 0 rings (SSSR count). The van der Waals surface area contributed by atoms with Crippen LogP contribution in [0.2, 0.25) is 0 Å². The number of ether oxygens (including phenoxy) is 3. The standard InChI is InChI=1S/C53H81NO7/c1-6-8-10-12-14-16-18-20-22-23-24-25-26-27-28-30-32-34-36-38-40-42-44-52(56)61-49(47-59-46-45-50(53(57)58)54(3,4)5)48-60-51(55)43-41-39-37-35-33-31-29-21-19-17-15-13-11-9-7-2/h8-11,13-17,19-22,24-25,27-29,31-34,49-50H,6-7,12,18,23,26,30,35-48H2,1-5H3/b10-8+,11-9+,15-13+,16-14+,19-17+,22-20+,25-24+,28-27+,29-21+,33-31+,34-32+. The predicted molar refractivity (Wildman–Crippen MR) is 253 cm³/mol. The van der Waals surface area contributed by atoms with E-state index in [4.69, 9.17) is 14.2 Å². The molecule has 0 aliphatic carbocycles. The Labute approximate surface area is 371 Å². The molecule has 0 saturated heterocycles. The third kappa shape index (κ3) is 40.6. The largest absolute Gasteiger partial charge is 0.544 e. The minimum atomic E-state index is -1.14. The summed E-state index contributed by atoms with van der Waals surface area (Å²) < 4.78 is 17.1. The molecule has 0 fully saturated rings. The summed E-state index contributed by atoms with van der Waals surface area (Å²) in [4.78, 5) is 36.9. The molecule has 0 radical (unpaired) electrons. The van der Waals surface area contributed by atoms with Gasteiger partial charge in [0.25, 0.3) is 0 Å². The second kappa shape index (κ2) is 42.2. The Morgan fingerprint density at radius 2 is 0.951 bits per heavy atom. The van der Waals surface area contributed by atoms with E-state index in [2.05, 4.69) is 98.9 Å². The van der Waals surface area contributed by atoms with Gasteiger partial charge >= 0.3 is 11.9 Å². The Balaban J connectivity index is 4.50. The highest BCUT2D eigenvalue weighted by molar-refractivity contribution is 5.70. The van der Waals surface area contributed by atoms with Gasteiger partial charge in [-0.1, -0.05) is 160 Å². The van der Waals surface area contributed by atoms with Gasteiger partial charge in [-0.2, -0.15) is 0 Å². The summed E-state index contributed by atoms with van der Waals surface area (Å²) in [5.41, 5.74) is 0. The summed E-state index contributed by atoms with van der Waals surface area (Å²) >= 11 is 0. The van der Waals surface area contributed by atoms with E-state index in [1.807, 2.05) is 48.6 Å². The van der Waals surface area contributed by atoms with E-state index in [1.54, 1.807) is 21.1 Å². The number of hydrogen-bond donors (Lipinski definition) is 0. The first kappa shape index (κ1) is 56.5. The van der Waals surface area contributed by atoms with Crippen LogP contribution in [0.25, 0.3) is 0 Å². The van der Waals surface area contributed by atoms with Crippen molar-refractivity contribution in [2.45, 2.75) is 142 Å². The van der Waals surface area contributed by atoms with E-state index >= 15 is 0 Å². The molecule has 0 aromatic rings. The zero-order valence-corrected chi connectivity index (χ0v) is 38.5. The van der Waals surface area contributed by atoms with Gasteiger partial charge in [0, 0.05) is 19.3 Å². The molecular formula is C53H81NO7. The molecule has 2 atom stereocenters. The third-order valence-corrected chi connectivity index (χ3v) is 9.16. The Bertz CT molecular complexity index is 1450. The Morgan fingerprint density at radius 3 is 1.44 bits per heavy atom. The van der Waals surface area contributed by atoms with Gasteiger partial charge < -0.3 is 28.6 Å². The average Bonchev–Trinajstić information content (AvgIpc) is 3.22. The third-order valence-electron chi connectivity index (χ3n) is 9.16. The lowest BCUT2D eigenvalue weighted by Gasteiger charge is -2.34. The first-order valence-corrected chi connectivity index (χ1v) is 22.8. The minimum Gasteiger partial charge on any atom is -0.544 e. The van der Waals surface area contributed by atoms with Crippen LogP contribution in [0.4, 0.5) is 0 Å². The van der Waals surface area contributed by atoms with Crippen molar-refractivity contribution in [3.05, 3.63) is 134 Å². The van der Waals surface area contributed by atoms with Gasteiger partial charge in [-0.15, -0.1) is 0 Å². The Kier molecular flexibility index (Phi) is 39.0. The summed E-state index contributed by atoms with van der Waals surface area (Å²) in [5, 5.41) is 11.6. The lowest BCUT2D eigenvalue weighted by molar-refractivity contribution is -0.889. The van der Waals surface area contributed by atoms with Crippen LogP contribution in [-0.4, -0.2) is 75.5 Å². The average molecular weight is 844 g/mol. The van der Waals surface area contributed by atoms with Crippen molar-refractivity contribution in [3.8, 4) is 0 Å². The van der Waals surface area contributed by atoms with E-state index in [0.717, 1.165) is 83.5 Å². The van der Waals surface area contributed by atoms with E-state index in [9.17, 15) is 19.5 Å². The molecule has 0 heterocycles. The highest BCUT2D eigenvalue weighted by Crippen LogP contribution is 2.11. The molecule has 0 N–H and O–H groups in total. The maximum absolute atomic E-state index is 12.7. The van der Waals surface area contributed by atoms with Crippen LogP contribution in [0.3, 0.4) is 0 Å². The number of rotatable bonds is 38. The number of quaternary nitrogens is 1. The van der Waals surface area contributed by atoms with Crippen molar-refractivity contribution in [2.24, 2.45) is 0 Å². The van der Waals surface area contributed by atoms with Crippen LogP contribution in [0.1, 0.15) is 129 Å². The smallest absolute Gasteiger partial charge is 0.306 e. The molecule has 0 aliphatic rings. The van der Waals surface area contributed by atoms with E-state index < -0.39 is 18.1 Å². The number of aliphatic carboxylic acids is 1. The van der Waals surface area contributed by atoms with Gasteiger partial charge in [-0.3, -0.25) is 9.59 Å². The van der Waals surface area contributed by atoms with Crippen LogP contribution in [0.5, 0.6) is 0 Å². The van der Waals surface area contributed by atoms with Gasteiger partial charge in [0.15, 0.2) is 6.10 Å². The van der Waals surface area contributed by atoms with Crippen LogP contribution in [-0.2, 0) is 28.6 Å². The van der Waals surface area contributed by atoms with Gasteiger partial charge in [0.1, 0.15) is 12.6 Å². The molecule has 0 aromatic carbocycles. The van der Waals surface area contributed by atoms with Gasteiger partial charge in [-0.05, 0) is 83.5 Å². The summed E-state index contributed by atoms with van der Waals surface area (Å²) in [6.45, 7) is 4.28. The van der Waals surface area contributed by atoms with E-state index in [0.29, 0.717) is 12.8 Å². The van der Waals surface area contributed by atoms with Crippen LogP contribution < -0.4 is 5.11 Å². The van der Waals surface area contributed by atoms with E-state index in [1.165, 1.54) is 0 Å². The first-order valence-electron chi connectivity index (χ1n) is 22.8. The highest BCUT2D eigenvalue weighted by Gasteiger charge is 2.25. The molecule has 0 amide bonds. The zero-order chi connectivity index (χ0) is 44.9. The Hall–Kier alpha value is -4.53. The molecular weight excluding hydrogens is 763 g/mol. The number of unbranched alkanes of at least 4 members (excludes halogenated alkanes) is 6. The first-order chi connectivity index (χ1) is 29.6. The lowest BCUT2D eigenvalue weighted by atomic mass is 10.1. The van der Waals surface area contributed by atoms with Crippen molar-refractivity contribution < 1.29 is 38.2 Å². The molecule has 0 bridgehead atoms. The maximum Gasteiger partial charge on any atom is 0.306 e. The van der Waals surface area contributed by atoms with Gasteiger partial charge in [0.2, 0.25) is 0 Å². The van der Waals surface area contributed by atoms with Crippen LogP contribution >= 0.6 is 0 Å². The molecule has 0 spiro atoms. The summed E-state index contributed by atoms with van der Waals surface area (Å²) in [6.07, 6.45) is 60.5. The second-order valence-corrected chi connectivity index (χ2v) is 15.6. The number of allylic oxidation sites excluding steroid dienone is 22. The minimum absolute atomic E-state index is 0.00217. The van der Waals surface area contributed by atoms with E-state index in [-0.39, 0.29) is 55.5 Å². The normalized spacial score (nSPS) is 14.2. The molecule has 61 heavy (non-hydrogen) atoms. The number of esters is 2. The highest BCUT2D eigenvalue weighted by atomic mass is 16.6. The fourth-order valence-corrected chi connectivity index (χ4v) is 5.68.